The maximum atomic E-state index is 14.2. The van der Waals surface area contributed by atoms with Crippen LogP contribution in [0.1, 0.15) is 78.1 Å². The highest BCUT2D eigenvalue weighted by molar-refractivity contribution is 5.99. The molecule has 0 bridgehead atoms. The van der Waals surface area contributed by atoms with Gasteiger partial charge in [0.05, 0.1) is 12.5 Å². The lowest BCUT2D eigenvalue weighted by atomic mass is 9.73. The first-order chi connectivity index (χ1) is 18.0. The second-order valence-electron chi connectivity index (χ2n) is 10.9. The number of aliphatic hydroxyl groups excluding tert-OH is 1. The SMILES string of the molecule is CCCCCN1CC=C[C@]23O[C@]4(CC)/C=C\CCCOC(=O)[C@@H]4[C@H]2C(=O)N(CCCCCCO)C3C1=O. The summed E-state index contributed by atoms with van der Waals surface area (Å²) in [6, 6.07) is -0.803. The number of ether oxygens (including phenoxy) is 2. The Balaban J connectivity index is 1.74. The summed E-state index contributed by atoms with van der Waals surface area (Å²) in [7, 11) is 0. The number of hydrogen-bond donors (Lipinski definition) is 1. The Hall–Kier alpha value is -2.19. The van der Waals surface area contributed by atoms with E-state index in [0.717, 1.165) is 57.8 Å². The van der Waals surface area contributed by atoms with Crippen LogP contribution in [0.15, 0.2) is 24.3 Å². The largest absolute Gasteiger partial charge is 0.465 e. The van der Waals surface area contributed by atoms with Crippen LogP contribution >= 0.6 is 0 Å². The lowest BCUT2D eigenvalue weighted by Gasteiger charge is -2.38. The smallest absolute Gasteiger partial charge is 0.313 e. The summed E-state index contributed by atoms with van der Waals surface area (Å²) in [6.45, 7) is 6.10. The molecule has 0 radical (unpaired) electrons. The average Bonchev–Trinajstić information content (AvgIpc) is 3.27. The van der Waals surface area contributed by atoms with Gasteiger partial charge in [0, 0.05) is 26.2 Å². The number of carbonyl (C=O) groups excluding carboxylic acids is 3. The Bertz CT molecular complexity index is 903. The molecular weight excluding hydrogens is 472 g/mol. The first-order valence-corrected chi connectivity index (χ1v) is 14.4. The van der Waals surface area contributed by atoms with Gasteiger partial charge in [-0.3, -0.25) is 14.4 Å². The zero-order valence-corrected chi connectivity index (χ0v) is 22.5. The average molecular weight is 517 g/mol. The van der Waals surface area contributed by atoms with Crippen LogP contribution in [0.2, 0.25) is 0 Å². The molecule has 8 heteroatoms. The molecule has 206 valence electrons. The van der Waals surface area contributed by atoms with Crippen LogP contribution in [0.5, 0.6) is 0 Å². The topological polar surface area (TPSA) is 96.4 Å². The number of aliphatic hydroxyl groups is 1. The molecular formula is C29H44N2O6. The summed E-state index contributed by atoms with van der Waals surface area (Å²) in [4.78, 5) is 45.4. The highest BCUT2D eigenvalue weighted by Gasteiger charge is 2.75. The van der Waals surface area contributed by atoms with Gasteiger partial charge in [-0.15, -0.1) is 0 Å². The quantitative estimate of drug-likeness (QED) is 0.257. The summed E-state index contributed by atoms with van der Waals surface area (Å²) >= 11 is 0. The monoisotopic (exact) mass is 516 g/mol. The summed E-state index contributed by atoms with van der Waals surface area (Å²) in [5.74, 6) is -2.30. The molecule has 1 unspecified atom stereocenters. The number of allylic oxidation sites excluding steroid dienone is 1. The van der Waals surface area contributed by atoms with Gasteiger partial charge in [0.15, 0.2) is 0 Å². The van der Waals surface area contributed by atoms with Crippen LogP contribution in [0.25, 0.3) is 0 Å². The predicted octanol–water partition coefficient (Wildman–Crippen LogP) is 3.38. The number of cyclic esters (lactones) is 1. The van der Waals surface area contributed by atoms with Crippen LogP contribution in [0, 0.1) is 11.8 Å². The molecule has 5 atom stereocenters. The Morgan fingerprint density at radius 2 is 1.73 bits per heavy atom. The summed E-state index contributed by atoms with van der Waals surface area (Å²) in [6.07, 6.45) is 16.0. The zero-order chi connectivity index (χ0) is 26.5. The van der Waals surface area contributed by atoms with Crippen molar-refractivity contribution in [2.45, 2.75) is 95.3 Å². The molecule has 2 fully saturated rings. The minimum Gasteiger partial charge on any atom is -0.465 e. The molecule has 2 saturated heterocycles. The Morgan fingerprint density at radius 3 is 2.49 bits per heavy atom. The van der Waals surface area contributed by atoms with Gasteiger partial charge in [-0.2, -0.15) is 0 Å². The van der Waals surface area contributed by atoms with Crippen LogP contribution < -0.4 is 0 Å². The van der Waals surface area contributed by atoms with Crippen molar-refractivity contribution in [1.29, 1.82) is 0 Å². The molecule has 0 saturated carbocycles. The van der Waals surface area contributed by atoms with E-state index in [1.54, 1.807) is 4.90 Å². The molecule has 0 aromatic carbocycles. The standard InChI is InChI=1S/C29H44N2O6/c1-3-5-10-17-30-18-14-16-29-22(23-27(35)36-21-13-8-9-15-28(23,4-2)37-29)25(33)31(24(29)26(30)34)19-11-6-7-12-20-32/h9,14-16,22-24,32H,3-8,10-13,17-21H2,1-2H3/b15-9-/t22-,23-,24?,28+,29-/m0/s1. The molecule has 8 nitrogen and oxygen atoms in total. The van der Waals surface area contributed by atoms with Gasteiger partial charge in [0.2, 0.25) is 11.8 Å². The van der Waals surface area contributed by atoms with Crippen LogP contribution in [0.4, 0.5) is 0 Å². The minimum absolute atomic E-state index is 0.0950. The number of amides is 2. The molecule has 0 aliphatic carbocycles. The molecule has 37 heavy (non-hydrogen) atoms. The maximum Gasteiger partial charge on any atom is 0.313 e. The molecule has 1 N–H and O–H groups in total. The van der Waals surface area contributed by atoms with E-state index in [9.17, 15) is 14.4 Å². The molecule has 4 aliphatic heterocycles. The number of nitrogens with zero attached hydrogens (tertiary/aromatic N) is 2. The third-order valence-corrected chi connectivity index (χ3v) is 8.56. The summed E-state index contributed by atoms with van der Waals surface area (Å²) < 4.78 is 12.6. The number of fused-ring (bicyclic) bond motifs is 2. The van der Waals surface area contributed by atoms with Gasteiger partial charge in [-0.05, 0) is 38.5 Å². The number of hydrogen-bond acceptors (Lipinski definition) is 6. The van der Waals surface area contributed by atoms with Crippen molar-refractivity contribution in [3.8, 4) is 0 Å². The minimum atomic E-state index is -1.21. The predicted molar refractivity (Wildman–Crippen MR) is 139 cm³/mol. The number of rotatable bonds is 11. The van der Waals surface area contributed by atoms with Crippen LogP contribution in [-0.2, 0) is 23.9 Å². The fourth-order valence-electron chi connectivity index (χ4n) is 6.66. The molecule has 1 spiro atoms. The van der Waals surface area contributed by atoms with E-state index < -0.39 is 35.0 Å². The third-order valence-electron chi connectivity index (χ3n) is 8.56. The van der Waals surface area contributed by atoms with Crippen molar-refractivity contribution in [2.75, 3.05) is 32.8 Å². The fourth-order valence-corrected chi connectivity index (χ4v) is 6.66. The van der Waals surface area contributed by atoms with Crippen molar-refractivity contribution in [3.63, 3.8) is 0 Å². The highest BCUT2D eigenvalue weighted by Crippen LogP contribution is 2.58. The van der Waals surface area contributed by atoms with E-state index in [4.69, 9.17) is 14.6 Å². The lowest BCUT2D eigenvalue weighted by Crippen LogP contribution is -2.56. The van der Waals surface area contributed by atoms with Crippen molar-refractivity contribution < 1.29 is 29.0 Å². The second-order valence-corrected chi connectivity index (χ2v) is 10.9. The Labute approximate surface area is 221 Å². The lowest BCUT2D eigenvalue weighted by molar-refractivity contribution is -0.161. The van der Waals surface area contributed by atoms with Crippen LogP contribution in [-0.4, -0.2) is 82.8 Å². The van der Waals surface area contributed by atoms with Crippen molar-refractivity contribution in [3.05, 3.63) is 24.3 Å². The molecule has 4 heterocycles. The van der Waals surface area contributed by atoms with Gasteiger partial charge >= 0.3 is 5.97 Å². The van der Waals surface area contributed by atoms with Crippen molar-refractivity contribution >= 4 is 17.8 Å². The van der Waals surface area contributed by atoms with Gasteiger partial charge in [0.1, 0.15) is 23.2 Å². The number of unbranched alkanes of at least 4 members (excludes halogenated alkanes) is 5. The van der Waals surface area contributed by atoms with Crippen LogP contribution in [0.3, 0.4) is 0 Å². The van der Waals surface area contributed by atoms with Gasteiger partial charge in [-0.25, -0.2) is 0 Å². The fraction of sp³-hybridized carbons (Fsp3) is 0.759. The molecule has 4 aliphatic rings. The summed E-state index contributed by atoms with van der Waals surface area (Å²) in [5.41, 5.74) is -2.20. The van der Waals surface area contributed by atoms with Gasteiger partial charge < -0.3 is 24.4 Å². The van der Waals surface area contributed by atoms with E-state index in [0.29, 0.717) is 32.7 Å². The van der Waals surface area contributed by atoms with Gasteiger partial charge in [0.25, 0.3) is 0 Å². The molecule has 0 aromatic rings. The normalized spacial score (nSPS) is 34.2. The number of esters is 1. The third kappa shape index (κ3) is 5.11. The second kappa shape index (κ2) is 12.1. The zero-order valence-electron chi connectivity index (χ0n) is 22.5. The summed E-state index contributed by atoms with van der Waals surface area (Å²) in [5, 5.41) is 9.12. The molecule has 4 rings (SSSR count). The molecule has 0 aromatic heterocycles. The molecule has 2 amide bonds. The first kappa shape index (κ1) is 27.8. The number of carbonyl (C=O) groups is 3. The van der Waals surface area contributed by atoms with E-state index >= 15 is 0 Å². The van der Waals surface area contributed by atoms with Gasteiger partial charge in [-0.1, -0.05) is 63.8 Å². The number of likely N-dealkylation sites (tertiary alicyclic amines) is 1. The van der Waals surface area contributed by atoms with E-state index in [1.165, 1.54) is 0 Å². The van der Waals surface area contributed by atoms with E-state index in [-0.39, 0.29) is 18.4 Å². The maximum absolute atomic E-state index is 14.2. The Morgan fingerprint density at radius 1 is 0.946 bits per heavy atom. The first-order valence-electron chi connectivity index (χ1n) is 14.4. The van der Waals surface area contributed by atoms with Crippen molar-refractivity contribution in [1.82, 2.24) is 9.80 Å². The highest BCUT2D eigenvalue weighted by atomic mass is 16.6. The van der Waals surface area contributed by atoms with E-state index in [2.05, 4.69) is 6.92 Å². The Kier molecular flexibility index (Phi) is 9.11. The van der Waals surface area contributed by atoms with Crippen molar-refractivity contribution in [2.24, 2.45) is 11.8 Å². The van der Waals surface area contributed by atoms with E-state index in [1.807, 2.05) is 36.1 Å².